The third kappa shape index (κ3) is 3.37. The molecule has 0 amide bonds. The van der Waals surface area contributed by atoms with E-state index in [0.717, 1.165) is 25.7 Å². The zero-order valence-corrected chi connectivity index (χ0v) is 9.65. The van der Waals surface area contributed by atoms with E-state index >= 15 is 0 Å². The van der Waals surface area contributed by atoms with E-state index in [1.54, 1.807) is 0 Å². The summed E-state index contributed by atoms with van der Waals surface area (Å²) in [6.45, 7) is 0. The van der Waals surface area contributed by atoms with Gasteiger partial charge in [0.2, 0.25) is 0 Å². The van der Waals surface area contributed by atoms with E-state index in [0.29, 0.717) is 0 Å². The Morgan fingerprint density at radius 3 is 2.00 bits per heavy atom. The fourth-order valence-corrected chi connectivity index (χ4v) is 1.35. The molecule has 10 heavy (non-hydrogen) atoms. The van der Waals surface area contributed by atoms with Crippen LogP contribution in [0.25, 0.3) is 0 Å². The zero-order chi connectivity index (χ0) is 6.69. The van der Waals surface area contributed by atoms with Crippen molar-refractivity contribution < 1.29 is 9.90 Å². The molecule has 0 aromatic heterocycles. The van der Waals surface area contributed by atoms with E-state index in [4.69, 9.17) is 5.11 Å². The minimum Gasteiger partial charge on any atom is -0.481 e. The molecule has 1 rings (SSSR count). The number of carbonyl (C=O) groups is 1. The molecule has 3 heteroatoms. The molecule has 0 aromatic carbocycles. The Kier molecular flexibility index (Phi) is 6.11. The van der Waals surface area contributed by atoms with Crippen molar-refractivity contribution in [3.05, 3.63) is 0 Å². The van der Waals surface area contributed by atoms with Crippen molar-refractivity contribution in [2.45, 2.75) is 32.1 Å². The molecule has 1 fully saturated rings. The molecule has 0 heterocycles. The normalized spacial score (nSPS) is 19.6. The van der Waals surface area contributed by atoms with Crippen molar-refractivity contribution in [2.75, 3.05) is 0 Å². The molecule has 1 N–H and O–H groups in total. The second kappa shape index (κ2) is 5.58. The van der Waals surface area contributed by atoms with Crippen molar-refractivity contribution in [1.82, 2.24) is 0 Å². The van der Waals surface area contributed by atoms with Crippen LogP contribution in [0.4, 0.5) is 0 Å². The predicted molar refractivity (Wildman–Crippen MR) is 40.0 cm³/mol. The van der Waals surface area contributed by atoms with Gasteiger partial charge in [-0.3, -0.25) is 4.79 Å². The minimum atomic E-state index is -0.602. The topological polar surface area (TPSA) is 37.3 Å². The van der Waals surface area contributed by atoms with Crippen molar-refractivity contribution in [3.8, 4) is 0 Å². The van der Waals surface area contributed by atoms with Gasteiger partial charge in [0.25, 0.3) is 0 Å². The minimum absolute atomic E-state index is 0. The Balaban J connectivity index is 0.000000810. The van der Waals surface area contributed by atoms with Gasteiger partial charge in [0, 0.05) is 0 Å². The summed E-state index contributed by atoms with van der Waals surface area (Å²) < 4.78 is 0. The molecule has 0 atom stereocenters. The predicted octanol–water partition coefficient (Wildman–Crippen LogP) is 1.27. The van der Waals surface area contributed by atoms with Gasteiger partial charge in [-0.2, -0.15) is 0 Å². The molecule has 0 aliphatic heterocycles. The van der Waals surface area contributed by atoms with Crippen LogP contribution in [0, 0.1) is 5.92 Å². The molecule has 0 spiro atoms. The fraction of sp³-hybridized carbons (Fsp3) is 0.857. The first-order valence-corrected chi connectivity index (χ1v) is 3.53. The molecular formula is C7H12O2Sr+2. The van der Waals surface area contributed by atoms with E-state index in [2.05, 4.69) is 0 Å². The van der Waals surface area contributed by atoms with E-state index in [9.17, 15) is 4.79 Å². The van der Waals surface area contributed by atoms with Crippen LogP contribution >= 0.6 is 0 Å². The summed E-state index contributed by atoms with van der Waals surface area (Å²) in [7, 11) is 0. The molecule has 0 saturated heterocycles. The van der Waals surface area contributed by atoms with Crippen LogP contribution in [0.3, 0.4) is 0 Å². The maximum absolute atomic E-state index is 10.4. The Hall–Kier alpha value is 0.951. The molecule has 2 nitrogen and oxygen atoms in total. The molecule has 52 valence electrons. The van der Waals surface area contributed by atoms with Gasteiger partial charge < -0.3 is 5.11 Å². The Bertz CT molecular complexity index is 108. The largest absolute Gasteiger partial charge is 2.00 e. The van der Waals surface area contributed by atoms with Gasteiger partial charge in [0.1, 0.15) is 0 Å². The number of hydrogen-bond acceptors (Lipinski definition) is 1. The van der Waals surface area contributed by atoms with Gasteiger partial charge in [-0.05, 0) is 12.8 Å². The molecule has 0 aromatic rings. The van der Waals surface area contributed by atoms with Crippen LogP contribution in [0.5, 0.6) is 0 Å². The number of aliphatic carboxylic acids is 1. The smallest absolute Gasteiger partial charge is 0.481 e. The average Bonchev–Trinajstić information content (AvgIpc) is 1.90. The van der Waals surface area contributed by atoms with Crippen molar-refractivity contribution in [3.63, 3.8) is 0 Å². The van der Waals surface area contributed by atoms with Crippen LogP contribution in [0.1, 0.15) is 32.1 Å². The van der Waals surface area contributed by atoms with Gasteiger partial charge >= 0.3 is 51.5 Å². The monoisotopic (exact) mass is 216 g/mol. The summed E-state index contributed by atoms with van der Waals surface area (Å²) in [5.41, 5.74) is 0. The zero-order valence-electron chi connectivity index (χ0n) is 6.18. The Labute approximate surface area is 98.3 Å². The van der Waals surface area contributed by atoms with E-state index in [1.807, 2.05) is 0 Å². The van der Waals surface area contributed by atoms with E-state index in [-0.39, 0.29) is 51.4 Å². The molecule has 0 bridgehead atoms. The van der Waals surface area contributed by atoms with Crippen LogP contribution in [-0.2, 0) is 4.79 Å². The quantitative estimate of drug-likeness (QED) is 0.670. The van der Waals surface area contributed by atoms with Crippen molar-refractivity contribution in [2.24, 2.45) is 5.92 Å². The van der Waals surface area contributed by atoms with Gasteiger partial charge in [0.15, 0.2) is 0 Å². The Morgan fingerprint density at radius 2 is 1.70 bits per heavy atom. The summed E-state index contributed by atoms with van der Waals surface area (Å²) in [6, 6.07) is 0. The van der Waals surface area contributed by atoms with E-state index in [1.165, 1.54) is 6.42 Å². The summed E-state index contributed by atoms with van der Waals surface area (Å²) in [5.74, 6) is -0.631. The Morgan fingerprint density at radius 1 is 1.20 bits per heavy atom. The number of hydrogen-bond donors (Lipinski definition) is 1. The first kappa shape index (κ1) is 11.0. The SMILES string of the molecule is O=C(O)C1CCCCC1.[Sr+2]. The van der Waals surface area contributed by atoms with Crippen LogP contribution in [0.2, 0.25) is 0 Å². The molecular weight excluding hydrogens is 204 g/mol. The first-order chi connectivity index (χ1) is 4.30. The fourth-order valence-electron chi connectivity index (χ4n) is 1.35. The van der Waals surface area contributed by atoms with Gasteiger partial charge in [-0.1, -0.05) is 19.3 Å². The van der Waals surface area contributed by atoms with Crippen LogP contribution < -0.4 is 0 Å². The summed E-state index contributed by atoms with van der Waals surface area (Å²) in [5, 5.41) is 8.54. The summed E-state index contributed by atoms with van der Waals surface area (Å²) in [4.78, 5) is 10.4. The van der Waals surface area contributed by atoms with Gasteiger partial charge in [0.05, 0.1) is 5.92 Å². The van der Waals surface area contributed by atoms with Crippen LogP contribution in [-0.4, -0.2) is 56.6 Å². The molecule has 0 unspecified atom stereocenters. The number of rotatable bonds is 1. The standard InChI is InChI=1S/C7H12O2.Sr/c8-7(9)6-4-2-1-3-5-6;/h6H,1-5H2,(H,8,9);/q;+2. The summed E-state index contributed by atoms with van der Waals surface area (Å²) >= 11 is 0. The molecule has 1 saturated carbocycles. The first-order valence-electron chi connectivity index (χ1n) is 3.53. The molecule has 1 aliphatic carbocycles. The second-order valence-corrected chi connectivity index (χ2v) is 2.67. The van der Waals surface area contributed by atoms with Crippen molar-refractivity contribution >= 4 is 51.5 Å². The summed E-state index contributed by atoms with van der Waals surface area (Å²) in [6.07, 6.45) is 5.24. The average molecular weight is 216 g/mol. The number of carboxylic acid groups (broad SMARTS) is 1. The number of carboxylic acids is 1. The third-order valence-electron chi connectivity index (χ3n) is 1.95. The maximum Gasteiger partial charge on any atom is 2.00 e. The molecule has 1 aliphatic rings. The second-order valence-electron chi connectivity index (χ2n) is 2.67. The maximum atomic E-state index is 10.4. The molecule has 0 radical (unpaired) electrons. The third-order valence-corrected chi connectivity index (χ3v) is 1.95. The van der Waals surface area contributed by atoms with Crippen molar-refractivity contribution in [1.29, 1.82) is 0 Å². The van der Waals surface area contributed by atoms with Gasteiger partial charge in [-0.15, -0.1) is 0 Å². The van der Waals surface area contributed by atoms with E-state index < -0.39 is 5.97 Å². The van der Waals surface area contributed by atoms with Gasteiger partial charge in [-0.25, -0.2) is 0 Å². The van der Waals surface area contributed by atoms with Crippen LogP contribution in [0.15, 0.2) is 0 Å².